The van der Waals surface area contributed by atoms with Crippen molar-refractivity contribution < 1.29 is 13.9 Å². The zero-order valence-electron chi connectivity index (χ0n) is 9.47. The highest BCUT2D eigenvalue weighted by Crippen LogP contribution is 2.27. The van der Waals surface area contributed by atoms with E-state index in [1.807, 2.05) is 36.6 Å². The lowest BCUT2D eigenvalue weighted by atomic mass is 10.2. The topological polar surface area (TPSA) is 52.3 Å². The van der Waals surface area contributed by atoms with E-state index in [9.17, 15) is 4.79 Å². The second-order valence-corrected chi connectivity index (χ2v) is 4.00. The summed E-state index contributed by atoms with van der Waals surface area (Å²) in [5, 5.41) is 0.468. The molecule has 1 aromatic carbocycles. The summed E-state index contributed by atoms with van der Waals surface area (Å²) in [6, 6.07) is 9.42. The van der Waals surface area contributed by atoms with Crippen LogP contribution < -0.4 is 0 Å². The van der Waals surface area contributed by atoms with Gasteiger partial charge in [0.25, 0.3) is 0 Å². The molecule has 0 amide bonds. The van der Waals surface area contributed by atoms with Gasteiger partial charge in [-0.25, -0.2) is 9.78 Å². The first kappa shape index (κ1) is 11.7. The number of nitrogens with zero attached hydrogens (tertiary/aromatic N) is 1. The van der Waals surface area contributed by atoms with E-state index in [2.05, 4.69) is 9.72 Å². The molecule has 0 spiro atoms. The zero-order chi connectivity index (χ0) is 12.3. The molecule has 0 saturated carbocycles. The maximum Gasteiger partial charge on any atom is 0.361 e. The summed E-state index contributed by atoms with van der Waals surface area (Å²) in [5.41, 5.74) is 1.05. The summed E-state index contributed by atoms with van der Waals surface area (Å²) in [6.45, 7) is 0. The van der Waals surface area contributed by atoms with Crippen LogP contribution in [0.4, 0.5) is 0 Å². The summed E-state index contributed by atoms with van der Waals surface area (Å²) in [7, 11) is 1.32. The molecule has 0 unspecified atom stereocenters. The van der Waals surface area contributed by atoms with Gasteiger partial charge in [0.05, 0.1) is 7.11 Å². The smallest absolute Gasteiger partial charge is 0.361 e. The maximum atomic E-state index is 11.5. The van der Waals surface area contributed by atoms with Crippen molar-refractivity contribution in [2.75, 3.05) is 13.4 Å². The van der Waals surface area contributed by atoms with Crippen LogP contribution in [0.15, 0.2) is 39.8 Å². The van der Waals surface area contributed by atoms with Gasteiger partial charge in [0, 0.05) is 5.56 Å². The van der Waals surface area contributed by atoms with Crippen molar-refractivity contribution >= 4 is 17.7 Å². The molecule has 0 aliphatic heterocycles. The second kappa shape index (κ2) is 5.05. The largest absolute Gasteiger partial charge is 0.464 e. The van der Waals surface area contributed by atoms with Crippen LogP contribution in [-0.2, 0) is 4.74 Å². The fraction of sp³-hybridized carbons (Fsp3) is 0.167. The van der Waals surface area contributed by atoms with E-state index in [4.69, 9.17) is 4.42 Å². The summed E-state index contributed by atoms with van der Waals surface area (Å²) < 4.78 is 10.2. The fourth-order valence-electron chi connectivity index (χ4n) is 1.37. The summed E-state index contributed by atoms with van der Waals surface area (Å²) in [5.74, 6) is -0.0596. The van der Waals surface area contributed by atoms with Gasteiger partial charge in [-0.3, -0.25) is 0 Å². The van der Waals surface area contributed by atoms with Crippen molar-refractivity contribution in [1.82, 2.24) is 4.98 Å². The van der Waals surface area contributed by atoms with Gasteiger partial charge in [0.2, 0.25) is 11.6 Å². The standard InChI is InChI=1S/C12H11NO3S/c1-15-11(14)9-12(17-2)16-10(13-9)8-6-4-3-5-7-8/h3-7H,1-2H3. The number of carbonyl (C=O) groups is 1. The molecular weight excluding hydrogens is 238 g/mol. The van der Waals surface area contributed by atoms with Gasteiger partial charge in [-0.15, -0.1) is 0 Å². The number of esters is 1. The Kier molecular flexibility index (Phi) is 3.49. The molecule has 0 saturated heterocycles. The van der Waals surface area contributed by atoms with Crippen molar-refractivity contribution in [2.45, 2.75) is 5.09 Å². The van der Waals surface area contributed by atoms with Crippen molar-refractivity contribution in [3.63, 3.8) is 0 Å². The normalized spacial score (nSPS) is 10.2. The Hall–Kier alpha value is -1.75. The minimum atomic E-state index is -0.486. The van der Waals surface area contributed by atoms with E-state index < -0.39 is 5.97 Å². The molecule has 4 nitrogen and oxygen atoms in total. The first-order valence-corrected chi connectivity index (χ1v) is 6.17. The minimum Gasteiger partial charge on any atom is -0.464 e. The highest BCUT2D eigenvalue weighted by Gasteiger charge is 2.20. The Labute approximate surface area is 103 Å². The molecule has 0 bridgehead atoms. The molecule has 0 atom stereocenters. The lowest BCUT2D eigenvalue weighted by molar-refractivity contribution is 0.0588. The number of aromatic nitrogens is 1. The molecule has 88 valence electrons. The van der Waals surface area contributed by atoms with Crippen LogP contribution >= 0.6 is 11.8 Å². The lowest BCUT2D eigenvalue weighted by Gasteiger charge is -1.93. The van der Waals surface area contributed by atoms with Gasteiger partial charge in [-0.1, -0.05) is 30.0 Å². The Morgan fingerprint density at radius 3 is 2.65 bits per heavy atom. The lowest BCUT2D eigenvalue weighted by Crippen LogP contribution is -2.02. The molecule has 0 fully saturated rings. The molecular formula is C12H11NO3S. The van der Waals surface area contributed by atoms with Crippen LogP contribution in [0.2, 0.25) is 0 Å². The first-order valence-electron chi connectivity index (χ1n) is 4.95. The Morgan fingerprint density at radius 2 is 2.06 bits per heavy atom. The van der Waals surface area contributed by atoms with Crippen LogP contribution in [0.5, 0.6) is 0 Å². The van der Waals surface area contributed by atoms with E-state index in [1.165, 1.54) is 18.9 Å². The van der Waals surface area contributed by atoms with E-state index in [-0.39, 0.29) is 5.69 Å². The predicted molar refractivity (Wildman–Crippen MR) is 65.1 cm³/mol. The van der Waals surface area contributed by atoms with Crippen molar-refractivity contribution in [3.05, 3.63) is 36.0 Å². The maximum absolute atomic E-state index is 11.5. The summed E-state index contributed by atoms with van der Waals surface area (Å²) in [6.07, 6.45) is 1.82. The van der Waals surface area contributed by atoms with Gasteiger partial charge in [-0.2, -0.15) is 0 Å². The summed E-state index contributed by atoms with van der Waals surface area (Å²) in [4.78, 5) is 15.6. The molecule has 0 aliphatic rings. The number of rotatable bonds is 3. The number of methoxy groups -OCH3 is 1. The SMILES string of the molecule is COC(=O)c1nc(-c2ccccc2)oc1SC. The van der Waals surface area contributed by atoms with E-state index >= 15 is 0 Å². The number of benzene rings is 1. The van der Waals surface area contributed by atoms with E-state index in [0.717, 1.165) is 5.56 Å². The summed E-state index contributed by atoms with van der Waals surface area (Å²) >= 11 is 1.32. The molecule has 5 heteroatoms. The van der Waals surface area contributed by atoms with Gasteiger partial charge < -0.3 is 9.15 Å². The third kappa shape index (κ3) is 2.34. The Balaban J connectivity index is 2.45. The Morgan fingerprint density at radius 1 is 1.35 bits per heavy atom. The van der Waals surface area contributed by atoms with Crippen LogP contribution in [0, 0.1) is 0 Å². The molecule has 2 rings (SSSR count). The monoisotopic (exact) mass is 249 g/mol. The number of hydrogen-bond donors (Lipinski definition) is 0. The zero-order valence-corrected chi connectivity index (χ0v) is 10.3. The fourth-order valence-corrected chi connectivity index (χ4v) is 1.86. The molecule has 17 heavy (non-hydrogen) atoms. The van der Waals surface area contributed by atoms with Crippen molar-refractivity contribution in [1.29, 1.82) is 0 Å². The Bertz CT molecular complexity index is 522. The second-order valence-electron chi connectivity index (χ2n) is 3.22. The third-order valence-corrected chi connectivity index (χ3v) is 2.83. The van der Waals surface area contributed by atoms with Crippen LogP contribution in [0.1, 0.15) is 10.5 Å². The highest BCUT2D eigenvalue weighted by atomic mass is 32.2. The van der Waals surface area contributed by atoms with Gasteiger partial charge >= 0.3 is 5.97 Å². The number of ether oxygens (including phenoxy) is 1. The van der Waals surface area contributed by atoms with E-state index in [1.54, 1.807) is 0 Å². The molecule has 0 radical (unpaired) electrons. The van der Waals surface area contributed by atoms with Crippen LogP contribution in [0.25, 0.3) is 11.5 Å². The molecule has 1 heterocycles. The van der Waals surface area contributed by atoms with Crippen LogP contribution in [-0.4, -0.2) is 24.3 Å². The number of oxazole rings is 1. The molecule has 0 aliphatic carbocycles. The first-order chi connectivity index (χ1) is 8.26. The average Bonchev–Trinajstić information content (AvgIpc) is 2.83. The molecule has 0 N–H and O–H groups in total. The van der Waals surface area contributed by atoms with Gasteiger partial charge in [-0.05, 0) is 18.4 Å². The molecule has 2 aromatic rings. The van der Waals surface area contributed by atoms with Gasteiger partial charge in [0.15, 0.2) is 5.09 Å². The number of hydrogen-bond acceptors (Lipinski definition) is 5. The number of carbonyl (C=O) groups excluding carboxylic acids is 1. The number of thioether (sulfide) groups is 1. The van der Waals surface area contributed by atoms with Crippen LogP contribution in [0.3, 0.4) is 0 Å². The minimum absolute atomic E-state index is 0.221. The third-order valence-electron chi connectivity index (χ3n) is 2.18. The average molecular weight is 249 g/mol. The van der Waals surface area contributed by atoms with E-state index in [0.29, 0.717) is 11.0 Å². The quantitative estimate of drug-likeness (QED) is 0.618. The van der Waals surface area contributed by atoms with Gasteiger partial charge in [0.1, 0.15) is 0 Å². The van der Waals surface area contributed by atoms with Crippen molar-refractivity contribution in [2.24, 2.45) is 0 Å². The van der Waals surface area contributed by atoms with Crippen molar-refractivity contribution in [3.8, 4) is 11.5 Å². The highest BCUT2D eigenvalue weighted by molar-refractivity contribution is 7.98. The molecule has 1 aromatic heterocycles. The predicted octanol–water partition coefficient (Wildman–Crippen LogP) is 2.85.